The molecule has 0 saturated carbocycles. The van der Waals surface area contributed by atoms with E-state index < -0.39 is 0 Å². The summed E-state index contributed by atoms with van der Waals surface area (Å²) in [5, 5.41) is 2.81. The first-order valence-corrected chi connectivity index (χ1v) is 6.55. The third-order valence-electron chi connectivity index (χ3n) is 3.08. The van der Waals surface area contributed by atoms with E-state index in [0.717, 1.165) is 24.6 Å². The molecule has 1 aromatic heterocycles. The molecule has 1 amide bonds. The molecule has 1 saturated heterocycles. The SMILES string of the molecule is CCC(=O)NCc1nc(C)cc(N2CCCC2)n1. The Kier molecular flexibility index (Phi) is 4.12. The van der Waals surface area contributed by atoms with Gasteiger partial charge >= 0.3 is 0 Å². The summed E-state index contributed by atoms with van der Waals surface area (Å²) >= 11 is 0. The maximum atomic E-state index is 11.2. The van der Waals surface area contributed by atoms with Crippen LogP contribution in [0.1, 0.15) is 37.7 Å². The van der Waals surface area contributed by atoms with Crippen LogP contribution in [-0.4, -0.2) is 29.0 Å². The number of anilines is 1. The van der Waals surface area contributed by atoms with Crippen LogP contribution in [0.3, 0.4) is 0 Å². The molecule has 18 heavy (non-hydrogen) atoms. The standard InChI is InChI=1S/C13H20N4O/c1-3-13(18)14-9-11-15-10(2)8-12(16-11)17-6-4-5-7-17/h8H,3-7,9H2,1-2H3,(H,14,18). The number of amides is 1. The molecule has 2 rings (SSSR count). The Labute approximate surface area is 108 Å². The van der Waals surface area contributed by atoms with E-state index in [1.165, 1.54) is 12.8 Å². The molecule has 0 aliphatic carbocycles. The van der Waals surface area contributed by atoms with Gasteiger partial charge in [0, 0.05) is 31.3 Å². The first kappa shape index (κ1) is 12.8. The molecule has 1 aromatic rings. The second-order valence-electron chi connectivity index (χ2n) is 4.61. The summed E-state index contributed by atoms with van der Waals surface area (Å²) in [6.07, 6.45) is 2.95. The van der Waals surface area contributed by atoms with Gasteiger partial charge in [0.05, 0.1) is 6.54 Å². The summed E-state index contributed by atoms with van der Waals surface area (Å²) in [7, 11) is 0. The zero-order chi connectivity index (χ0) is 13.0. The van der Waals surface area contributed by atoms with Gasteiger partial charge in [-0.05, 0) is 19.8 Å². The predicted octanol–water partition coefficient (Wildman–Crippen LogP) is 1.41. The van der Waals surface area contributed by atoms with Gasteiger partial charge < -0.3 is 10.2 Å². The van der Waals surface area contributed by atoms with Crippen molar-refractivity contribution in [1.29, 1.82) is 0 Å². The number of nitrogens with one attached hydrogen (secondary N) is 1. The van der Waals surface area contributed by atoms with Crippen LogP contribution in [0.2, 0.25) is 0 Å². The van der Waals surface area contributed by atoms with Crippen molar-refractivity contribution >= 4 is 11.7 Å². The molecule has 1 N–H and O–H groups in total. The van der Waals surface area contributed by atoms with Gasteiger partial charge in [-0.25, -0.2) is 9.97 Å². The van der Waals surface area contributed by atoms with Crippen LogP contribution in [0, 0.1) is 6.92 Å². The fraction of sp³-hybridized carbons (Fsp3) is 0.615. The number of nitrogens with zero attached hydrogens (tertiary/aromatic N) is 3. The van der Waals surface area contributed by atoms with E-state index in [9.17, 15) is 4.79 Å². The molecule has 1 aliphatic rings. The van der Waals surface area contributed by atoms with Gasteiger partial charge in [0.15, 0.2) is 0 Å². The highest BCUT2D eigenvalue weighted by Crippen LogP contribution is 2.18. The van der Waals surface area contributed by atoms with Gasteiger partial charge in [0.25, 0.3) is 0 Å². The van der Waals surface area contributed by atoms with Crippen LogP contribution in [0.15, 0.2) is 6.07 Å². The van der Waals surface area contributed by atoms with Crippen molar-refractivity contribution in [2.45, 2.75) is 39.7 Å². The number of aryl methyl sites for hydroxylation is 1. The molecule has 0 radical (unpaired) electrons. The topological polar surface area (TPSA) is 58.1 Å². The summed E-state index contributed by atoms with van der Waals surface area (Å²) in [6, 6.07) is 2.01. The predicted molar refractivity (Wildman–Crippen MR) is 70.4 cm³/mol. The van der Waals surface area contributed by atoms with E-state index in [0.29, 0.717) is 18.8 Å². The number of aromatic nitrogens is 2. The fourth-order valence-electron chi connectivity index (χ4n) is 2.10. The van der Waals surface area contributed by atoms with Gasteiger partial charge in [-0.1, -0.05) is 6.92 Å². The van der Waals surface area contributed by atoms with Crippen molar-refractivity contribution in [2.24, 2.45) is 0 Å². The second kappa shape index (κ2) is 5.80. The molecule has 5 nitrogen and oxygen atoms in total. The van der Waals surface area contributed by atoms with Gasteiger partial charge in [-0.15, -0.1) is 0 Å². The van der Waals surface area contributed by atoms with Crippen molar-refractivity contribution in [3.63, 3.8) is 0 Å². The molecule has 1 fully saturated rings. The number of hydrogen-bond donors (Lipinski definition) is 1. The lowest BCUT2D eigenvalue weighted by Gasteiger charge is -2.17. The molecule has 5 heteroatoms. The largest absolute Gasteiger partial charge is 0.357 e. The molecule has 1 aliphatic heterocycles. The monoisotopic (exact) mass is 248 g/mol. The smallest absolute Gasteiger partial charge is 0.220 e. The summed E-state index contributed by atoms with van der Waals surface area (Å²) in [5.41, 5.74) is 0.952. The Morgan fingerprint density at radius 3 is 2.78 bits per heavy atom. The van der Waals surface area contributed by atoms with Crippen LogP contribution in [0.5, 0.6) is 0 Å². The van der Waals surface area contributed by atoms with Crippen LogP contribution in [0.4, 0.5) is 5.82 Å². The van der Waals surface area contributed by atoms with Crippen LogP contribution in [0.25, 0.3) is 0 Å². The quantitative estimate of drug-likeness (QED) is 0.875. The molecule has 98 valence electrons. The summed E-state index contributed by atoms with van der Waals surface area (Å²) in [5.74, 6) is 1.71. The van der Waals surface area contributed by atoms with Gasteiger partial charge in [-0.3, -0.25) is 4.79 Å². The maximum absolute atomic E-state index is 11.2. The Hall–Kier alpha value is -1.65. The lowest BCUT2D eigenvalue weighted by Crippen LogP contribution is -2.24. The van der Waals surface area contributed by atoms with E-state index in [4.69, 9.17) is 0 Å². The minimum absolute atomic E-state index is 0.0304. The lowest BCUT2D eigenvalue weighted by molar-refractivity contribution is -0.120. The van der Waals surface area contributed by atoms with E-state index in [2.05, 4.69) is 20.2 Å². The van der Waals surface area contributed by atoms with E-state index in [1.807, 2.05) is 19.9 Å². The molecule has 0 unspecified atom stereocenters. The highest BCUT2D eigenvalue weighted by Gasteiger charge is 2.15. The highest BCUT2D eigenvalue weighted by molar-refractivity contribution is 5.75. The van der Waals surface area contributed by atoms with Gasteiger partial charge in [-0.2, -0.15) is 0 Å². The minimum atomic E-state index is 0.0304. The third-order valence-corrected chi connectivity index (χ3v) is 3.08. The Morgan fingerprint density at radius 2 is 2.11 bits per heavy atom. The minimum Gasteiger partial charge on any atom is -0.357 e. The Balaban J connectivity index is 2.08. The van der Waals surface area contributed by atoms with Gasteiger partial charge in [0.2, 0.25) is 5.91 Å². The fourth-order valence-corrected chi connectivity index (χ4v) is 2.10. The molecular formula is C13H20N4O. The first-order valence-electron chi connectivity index (χ1n) is 6.55. The van der Waals surface area contributed by atoms with Crippen molar-refractivity contribution in [1.82, 2.24) is 15.3 Å². The molecule has 0 bridgehead atoms. The molecule has 2 heterocycles. The Morgan fingerprint density at radius 1 is 1.39 bits per heavy atom. The number of rotatable bonds is 4. The van der Waals surface area contributed by atoms with E-state index >= 15 is 0 Å². The maximum Gasteiger partial charge on any atom is 0.220 e. The number of carbonyl (C=O) groups excluding carboxylic acids is 1. The first-order chi connectivity index (χ1) is 8.69. The van der Waals surface area contributed by atoms with Crippen LogP contribution < -0.4 is 10.2 Å². The summed E-state index contributed by atoms with van der Waals surface area (Å²) < 4.78 is 0. The summed E-state index contributed by atoms with van der Waals surface area (Å²) in [4.78, 5) is 22.4. The highest BCUT2D eigenvalue weighted by atomic mass is 16.1. The number of carbonyl (C=O) groups is 1. The zero-order valence-corrected chi connectivity index (χ0v) is 11.1. The van der Waals surface area contributed by atoms with Crippen molar-refractivity contribution in [3.05, 3.63) is 17.6 Å². The average molecular weight is 248 g/mol. The lowest BCUT2D eigenvalue weighted by atomic mass is 10.3. The summed E-state index contributed by atoms with van der Waals surface area (Å²) in [6.45, 7) is 6.35. The molecular weight excluding hydrogens is 228 g/mol. The van der Waals surface area contributed by atoms with Crippen molar-refractivity contribution in [2.75, 3.05) is 18.0 Å². The number of hydrogen-bond acceptors (Lipinski definition) is 4. The molecule has 0 spiro atoms. The van der Waals surface area contributed by atoms with Crippen LogP contribution >= 0.6 is 0 Å². The van der Waals surface area contributed by atoms with Crippen LogP contribution in [-0.2, 0) is 11.3 Å². The normalized spacial score (nSPS) is 14.9. The van der Waals surface area contributed by atoms with E-state index in [-0.39, 0.29) is 5.91 Å². The molecule has 0 aromatic carbocycles. The zero-order valence-electron chi connectivity index (χ0n) is 11.1. The Bertz CT molecular complexity index is 427. The van der Waals surface area contributed by atoms with Crippen molar-refractivity contribution in [3.8, 4) is 0 Å². The van der Waals surface area contributed by atoms with Crippen molar-refractivity contribution < 1.29 is 4.79 Å². The second-order valence-corrected chi connectivity index (χ2v) is 4.61. The molecule has 0 atom stereocenters. The average Bonchev–Trinajstić information content (AvgIpc) is 2.89. The van der Waals surface area contributed by atoms with E-state index in [1.54, 1.807) is 0 Å². The van der Waals surface area contributed by atoms with Gasteiger partial charge in [0.1, 0.15) is 11.6 Å². The third kappa shape index (κ3) is 3.18.